The van der Waals surface area contributed by atoms with Crippen molar-refractivity contribution in [2.24, 2.45) is 5.41 Å². The van der Waals surface area contributed by atoms with Crippen LogP contribution in [0.3, 0.4) is 0 Å². The first-order chi connectivity index (χ1) is 8.86. The van der Waals surface area contributed by atoms with Crippen molar-refractivity contribution in [2.45, 2.75) is 52.4 Å². The lowest BCUT2D eigenvalue weighted by atomic mass is 9.85. The maximum Gasteiger partial charge on any atom is 0.318 e. The van der Waals surface area contributed by atoms with E-state index in [2.05, 4.69) is 9.47 Å². The molecule has 0 aromatic carbocycles. The van der Waals surface area contributed by atoms with E-state index in [1.165, 1.54) is 14.2 Å². The van der Waals surface area contributed by atoms with Gasteiger partial charge in [-0.3, -0.25) is 14.4 Å². The van der Waals surface area contributed by atoms with E-state index in [0.717, 1.165) is 25.7 Å². The predicted molar refractivity (Wildman–Crippen MR) is 70.5 cm³/mol. The Morgan fingerprint density at radius 1 is 0.842 bits per heavy atom. The monoisotopic (exact) mass is 272 g/mol. The molecule has 0 saturated carbocycles. The van der Waals surface area contributed by atoms with Gasteiger partial charge < -0.3 is 9.47 Å². The number of esters is 2. The van der Waals surface area contributed by atoms with Gasteiger partial charge in [0.1, 0.15) is 11.2 Å². The Labute approximate surface area is 114 Å². The maximum atomic E-state index is 11.9. The predicted octanol–water partition coefficient (Wildman–Crippen LogP) is 2.27. The summed E-state index contributed by atoms with van der Waals surface area (Å²) in [5.74, 6) is -0.807. The Bertz CT molecular complexity index is 320. The summed E-state index contributed by atoms with van der Waals surface area (Å²) < 4.78 is 9.14. The Balaban J connectivity index is 3.81. The standard InChI is InChI=1S/C14H24O5/c1-14(2,13(17)19-4)11(15)9-7-5-6-8-10-12(16)18-3/h5-10H2,1-4H3. The average Bonchev–Trinajstić information content (AvgIpc) is 2.40. The lowest BCUT2D eigenvalue weighted by molar-refractivity contribution is -0.155. The van der Waals surface area contributed by atoms with E-state index in [4.69, 9.17) is 0 Å². The molecule has 110 valence electrons. The number of carbonyl (C=O) groups excluding carboxylic acids is 3. The molecular weight excluding hydrogens is 248 g/mol. The van der Waals surface area contributed by atoms with Crippen molar-refractivity contribution >= 4 is 17.7 Å². The second kappa shape index (κ2) is 8.67. The van der Waals surface area contributed by atoms with Gasteiger partial charge in [0.15, 0.2) is 0 Å². The molecule has 0 bridgehead atoms. The Morgan fingerprint density at radius 3 is 1.84 bits per heavy atom. The second-order valence-electron chi connectivity index (χ2n) is 5.03. The lowest BCUT2D eigenvalue weighted by Gasteiger charge is -2.19. The van der Waals surface area contributed by atoms with Crippen molar-refractivity contribution in [3.63, 3.8) is 0 Å². The van der Waals surface area contributed by atoms with Crippen LogP contribution in [0.5, 0.6) is 0 Å². The van der Waals surface area contributed by atoms with Gasteiger partial charge in [-0.1, -0.05) is 12.8 Å². The molecular formula is C14H24O5. The van der Waals surface area contributed by atoms with E-state index in [0.29, 0.717) is 12.8 Å². The zero-order valence-electron chi connectivity index (χ0n) is 12.3. The average molecular weight is 272 g/mol. The van der Waals surface area contributed by atoms with Gasteiger partial charge in [0, 0.05) is 12.8 Å². The molecule has 0 N–H and O–H groups in total. The summed E-state index contributed by atoms with van der Waals surface area (Å²) in [4.78, 5) is 34.2. The Hall–Kier alpha value is -1.39. The summed E-state index contributed by atoms with van der Waals surface area (Å²) in [6.45, 7) is 3.16. The number of carbonyl (C=O) groups is 3. The van der Waals surface area contributed by atoms with Crippen LogP contribution >= 0.6 is 0 Å². The number of hydrogen-bond acceptors (Lipinski definition) is 5. The molecule has 0 saturated heterocycles. The van der Waals surface area contributed by atoms with Crippen LogP contribution in [-0.2, 0) is 23.9 Å². The molecule has 0 radical (unpaired) electrons. The highest BCUT2D eigenvalue weighted by atomic mass is 16.5. The van der Waals surface area contributed by atoms with Gasteiger partial charge in [0.25, 0.3) is 0 Å². The molecule has 0 amide bonds. The molecule has 0 aliphatic carbocycles. The van der Waals surface area contributed by atoms with E-state index in [-0.39, 0.29) is 11.8 Å². The minimum absolute atomic E-state index is 0.104. The van der Waals surface area contributed by atoms with Crippen LogP contribution < -0.4 is 0 Å². The largest absolute Gasteiger partial charge is 0.469 e. The molecule has 0 heterocycles. The van der Waals surface area contributed by atoms with Crippen molar-refractivity contribution < 1.29 is 23.9 Å². The van der Waals surface area contributed by atoms with E-state index in [1.54, 1.807) is 13.8 Å². The third-order valence-electron chi connectivity index (χ3n) is 3.16. The molecule has 0 spiro atoms. The summed E-state index contributed by atoms with van der Waals surface area (Å²) >= 11 is 0. The first-order valence-corrected chi connectivity index (χ1v) is 6.54. The van der Waals surface area contributed by atoms with Crippen LogP contribution in [0, 0.1) is 5.41 Å². The van der Waals surface area contributed by atoms with Crippen molar-refractivity contribution in [2.75, 3.05) is 14.2 Å². The molecule has 0 atom stereocenters. The Morgan fingerprint density at radius 2 is 1.37 bits per heavy atom. The third kappa shape index (κ3) is 6.36. The first kappa shape index (κ1) is 17.6. The summed E-state index contributed by atoms with van der Waals surface area (Å²) in [5.41, 5.74) is -1.07. The molecule has 0 unspecified atom stereocenters. The summed E-state index contributed by atoms with van der Waals surface area (Å²) in [6.07, 6.45) is 4.00. The fourth-order valence-corrected chi connectivity index (χ4v) is 1.69. The summed E-state index contributed by atoms with van der Waals surface area (Å²) in [6, 6.07) is 0. The zero-order chi connectivity index (χ0) is 14.9. The SMILES string of the molecule is COC(=O)CCCCCCC(=O)C(C)(C)C(=O)OC. The molecule has 5 heteroatoms. The van der Waals surface area contributed by atoms with Crippen molar-refractivity contribution in [1.29, 1.82) is 0 Å². The van der Waals surface area contributed by atoms with E-state index in [1.807, 2.05) is 0 Å². The number of ketones is 1. The highest BCUT2D eigenvalue weighted by Gasteiger charge is 2.35. The van der Waals surface area contributed by atoms with Crippen LogP contribution in [0.25, 0.3) is 0 Å². The molecule has 0 rings (SSSR count). The van der Waals surface area contributed by atoms with Crippen LogP contribution in [0.4, 0.5) is 0 Å². The summed E-state index contributed by atoms with van der Waals surface area (Å²) in [5, 5.41) is 0. The minimum Gasteiger partial charge on any atom is -0.469 e. The molecule has 0 aliphatic heterocycles. The second-order valence-corrected chi connectivity index (χ2v) is 5.03. The molecule has 19 heavy (non-hydrogen) atoms. The van der Waals surface area contributed by atoms with E-state index in [9.17, 15) is 14.4 Å². The van der Waals surface area contributed by atoms with Crippen LogP contribution in [0.2, 0.25) is 0 Å². The van der Waals surface area contributed by atoms with Gasteiger partial charge in [-0.25, -0.2) is 0 Å². The quantitative estimate of drug-likeness (QED) is 0.366. The first-order valence-electron chi connectivity index (χ1n) is 6.54. The maximum absolute atomic E-state index is 11.9. The normalized spacial score (nSPS) is 10.9. The van der Waals surface area contributed by atoms with Gasteiger partial charge >= 0.3 is 11.9 Å². The molecule has 0 aromatic heterocycles. The smallest absolute Gasteiger partial charge is 0.318 e. The number of Topliss-reactive ketones (excluding diaryl/α,β-unsaturated/α-hetero) is 1. The topological polar surface area (TPSA) is 69.7 Å². The van der Waals surface area contributed by atoms with E-state index >= 15 is 0 Å². The van der Waals surface area contributed by atoms with Crippen molar-refractivity contribution in [3.05, 3.63) is 0 Å². The highest BCUT2D eigenvalue weighted by molar-refractivity contribution is 6.02. The van der Waals surface area contributed by atoms with Crippen LogP contribution in [0.15, 0.2) is 0 Å². The molecule has 5 nitrogen and oxygen atoms in total. The van der Waals surface area contributed by atoms with E-state index < -0.39 is 11.4 Å². The van der Waals surface area contributed by atoms with Crippen LogP contribution in [-0.4, -0.2) is 31.9 Å². The van der Waals surface area contributed by atoms with Gasteiger partial charge in [-0.2, -0.15) is 0 Å². The fraction of sp³-hybridized carbons (Fsp3) is 0.786. The number of unbranched alkanes of at least 4 members (excludes halogenated alkanes) is 3. The lowest BCUT2D eigenvalue weighted by Crippen LogP contribution is -2.34. The van der Waals surface area contributed by atoms with Gasteiger partial charge in [0.2, 0.25) is 0 Å². The zero-order valence-corrected chi connectivity index (χ0v) is 12.3. The number of ether oxygens (including phenoxy) is 2. The third-order valence-corrected chi connectivity index (χ3v) is 3.16. The number of rotatable bonds is 9. The highest BCUT2D eigenvalue weighted by Crippen LogP contribution is 2.22. The van der Waals surface area contributed by atoms with Gasteiger partial charge in [-0.05, 0) is 26.7 Å². The van der Waals surface area contributed by atoms with Crippen molar-refractivity contribution in [1.82, 2.24) is 0 Å². The Kier molecular flexibility index (Phi) is 8.03. The van der Waals surface area contributed by atoms with Crippen LogP contribution in [0.1, 0.15) is 52.4 Å². The van der Waals surface area contributed by atoms with Gasteiger partial charge in [0.05, 0.1) is 14.2 Å². The molecule has 0 aromatic rings. The summed E-state index contributed by atoms with van der Waals surface area (Å²) in [7, 11) is 2.65. The van der Waals surface area contributed by atoms with Crippen molar-refractivity contribution in [3.8, 4) is 0 Å². The minimum atomic E-state index is -1.07. The molecule has 0 aliphatic rings. The number of methoxy groups -OCH3 is 2. The number of hydrogen-bond donors (Lipinski definition) is 0. The fourth-order valence-electron chi connectivity index (χ4n) is 1.69. The molecule has 0 fully saturated rings. The van der Waals surface area contributed by atoms with Gasteiger partial charge in [-0.15, -0.1) is 0 Å².